The highest BCUT2D eigenvalue weighted by Crippen LogP contribution is 2.17. The lowest BCUT2D eigenvalue weighted by atomic mass is 10.0. The molecule has 6 heteroatoms. The van der Waals surface area contributed by atoms with Gasteiger partial charge in [0.1, 0.15) is 13.2 Å². The first kappa shape index (κ1) is 53.4. The molecule has 0 aromatic carbocycles. The number of esters is 3. The lowest BCUT2D eigenvalue weighted by Gasteiger charge is -2.18. The SMILES string of the molecule is CCCCCCCCCCCCCCCCCCCCC(=O)OC[C@H](COC(=O)CCCCCCC)OC(=O)CCCCCCCCCCCCCC(C)C. The molecule has 6 nitrogen and oxygen atoms in total. The normalized spacial score (nSPS) is 11.9. The van der Waals surface area contributed by atoms with Crippen LogP contribution in [0.25, 0.3) is 0 Å². The minimum absolute atomic E-state index is 0.0644. The summed E-state index contributed by atoms with van der Waals surface area (Å²) in [6, 6.07) is 0. The average Bonchev–Trinajstić information content (AvgIpc) is 3.17. The van der Waals surface area contributed by atoms with Gasteiger partial charge in [0.2, 0.25) is 0 Å². The van der Waals surface area contributed by atoms with E-state index in [-0.39, 0.29) is 31.1 Å². The molecule has 0 heterocycles. The summed E-state index contributed by atoms with van der Waals surface area (Å²) in [4.78, 5) is 37.5. The van der Waals surface area contributed by atoms with Crippen LogP contribution in [-0.2, 0) is 28.6 Å². The van der Waals surface area contributed by atoms with E-state index in [2.05, 4.69) is 27.7 Å². The summed E-state index contributed by atoms with van der Waals surface area (Å²) in [7, 11) is 0. The topological polar surface area (TPSA) is 78.9 Å². The van der Waals surface area contributed by atoms with E-state index < -0.39 is 6.10 Å². The Bertz CT molecular complexity index is 826. The molecule has 0 aliphatic heterocycles. The van der Waals surface area contributed by atoms with Gasteiger partial charge in [-0.1, -0.05) is 233 Å². The Hall–Kier alpha value is -1.59. The Morgan fingerprint density at radius 1 is 0.345 bits per heavy atom. The van der Waals surface area contributed by atoms with Crippen molar-refractivity contribution in [2.24, 2.45) is 5.92 Å². The van der Waals surface area contributed by atoms with Crippen LogP contribution in [0.1, 0.15) is 272 Å². The fourth-order valence-corrected chi connectivity index (χ4v) is 7.33. The van der Waals surface area contributed by atoms with Crippen LogP contribution in [0.2, 0.25) is 0 Å². The first-order chi connectivity index (χ1) is 26.9. The fourth-order valence-electron chi connectivity index (χ4n) is 7.33. The third-order valence-corrected chi connectivity index (χ3v) is 11.0. The lowest BCUT2D eigenvalue weighted by molar-refractivity contribution is -0.167. The third-order valence-electron chi connectivity index (χ3n) is 11.0. The Kier molecular flexibility index (Phi) is 42.3. The largest absolute Gasteiger partial charge is 0.462 e. The van der Waals surface area contributed by atoms with E-state index >= 15 is 0 Å². The molecule has 0 radical (unpaired) electrons. The minimum atomic E-state index is -0.758. The van der Waals surface area contributed by atoms with E-state index in [1.54, 1.807) is 0 Å². The van der Waals surface area contributed by atoms with Crippen molar-refractivity contribution in [3.63, 3.8) is 0 Å². The van der Waals surface area contributed by atoms with E-state index in [1.165, 1.54) is 161 Å². The molecule has 0 aliphatic rings. The van der Waals surface area contributed by atoms with Crippen molar-refractivity contribution in [3.8, 4) is 0 Å². The molecule has 0 bridgehead atoms. The summed E-state index contributed by atoms with van der Waals surface area (Å²) in [6.07, 6.45) is 44.1. The van der Waals surface area contributed by atoms with Crippen molar-refractivity contribution in [3.05, 3.63) is 0 Å². The molecule has 1 atom stereocenters. The average molecular weight is 779 g/mol. The van der Waals surface area contributed by atoms with E-state index in [1.807, 2.05) is 0 Å². The van der Waals surface area contributed by atoms with Crippen molar-refractivity contribution in [1.29, 1.82) is 0 Å². The second-order valence-electron chi connectivity index (χ2n) is 17.2. The molecule has 0 rings (SSSR count). The molecule has 0 saturated heterocycles. The summed E-state index contributed by atoms with van der Waals surface area (Å²) >= 11 is 0. The van der Waals surface area contributed by atoms with Crippen LogP contribution in [0.5, 0.6) is 0 Å². The highest BCUT2D eigenvalue weighted by atomic mass is 16.6. The first-order valence-corrected chi connectivity index (χ1v) is 24.4. The first-order valence-electron chi connectivity index (χ1n) is 24.4. The summed E-state index contributed by atoms with van der Waals surface area (Å²) < 4.78 is 16.6. The fraction of sp³-hybridized carbons (Fsp3) is 0.939. The molecule has 0 fully saturated rings. The number of unbranched alkanes of at least 4 members (excludes halogenated alkanes) is 31. The summed E-state index contributed by atoms with van der Waals surface area (Å²) in [5, 5.41) is 0. The number of hydrogen-bond donors (Lipinski definition) is 0. The monoisotopic (exact) mass is 779 g/mol. The molecule has 0 spiro atoms. The Morgan fingerprint density at radius 3 is 0.891 bits per heavy atom. The minimum Gasteiger partial charge on any atom is -0.462 e. The predicted molar refractivity (Wildman–Crippen MR) is 233 cm³/mol. The van der Waals surface area contributed by atoms with Gasteiger partial charge in [0.25, 0.3) is 0 Å². The second-order valence-corrected chi connectivity index (χ2v) is 17.2. The molecule has 0 aliphatic carbocycles. The van der Waals surface area contributed by atoms with E-state index in [0.717, 1.165) is 70.1 Å². The Labute approximate surface area is 342 Å². The smallest absolute Gasteiger partial charge is 0.306 e. The van der Waals surface area contributed by atoms with Gasteiger partial charge in [-0.25, -0.2) is 0 Å². The number of carbonyl (C=O) groups excluding carboxylic acids is 3. The standard InChI is InChI=1S/C49H94O6/c1-5-7-9-11-12-13-14-15-16-17-18-19-20-23-26-29-33-37-41-48(51)54-44-46(43-53-47(50)40-36-31-10-8-6-2)55-49(52)42-38-34-30-27-24-21-22-25-28-32-35-39-45(3)4/h45-46H,5-44H2,1-4H3/t46-/m0/s1. The number of ether oxygens (including phenoxy) is 3. The maximum Gasteiger partial charge on any atom is 0.306 e. The van der Waals surface area contributed by atoms with E-state index in [9.17, 15) is 14.4 Å². The van der Waals surface area contributed by atoms with E-state index in [0.29, 0.717) is 19.3 Å². The molecule has 326 valence electrons. The molecule has 55 heavy (non-hydrogen) atoms. The Balaban J connectivity index is 4.12. The number of carbonyl (C=O) groups is 3. The number of hydrogen-bond acceptors (Lipinski definition) is 6. The van der Waals surface area contributed by atoms with Crippen LogP contribution in [0, 0.1) is 5.92 Å². The van der Waals surface area contributed by atoms with Gasteiger partial charge in [-0.3, -0.25) is 14.4 Å². The van der Waals surface area contributed by atoms with Gasteiger partial charge < -0.3 is 14.2 Å². The van der Waals surface area contributed by atoms with Crippen molar-refractivity contribution in [2.75, 3.05) is 13.2 Å². The quantitative estimate of drug-likeness (QED) is 0.0348. The van der Waals surface area contributed by atoms with Gasteiger partial charge >= 0.3 is 17.9 Å². The molecule has 0 aromatic heterocycles. The van der Waals surface area contributed by atoms with Crippen molar-refractivity contribution in [2.45, 2.75) is 278 Å². The van der Waals surface area contributed by atoms with Gasteiger partial charge in [-0.05, 0) is 25.2 Å². The summed E-state index contributed by atoms with van der Waals surface area (Å²) in [6.45, 7) is 8.93. The molecule has 0 aromatic rings. The lowest BCUT2D eigenvalue weighted by Crippen LogP contribution is -2.30. The summed E-state index contributed by atoms with van der Waals surface area (Å²) in [5.41, 5.74) is 0. The van der Waals surface area contributed by atoms with Gasteiger partial charge in [-0.2, -0.15) is 0 Å². The zero-order valence-corrected chi connectivity index (χ0v) is 37.4. The predicted octanol–water partition coefficient (Wildman–Crippen LogP) is 15.5. The number of rotatable bonds is 44. The van der Waals surface area contributed by atoms with Crippen LogP contribution in [0.4, 0.5) is 0 Å². The summed E-state index contributed by atoms with van der Waals surface area (Å²) in [5.74, 6) is -0.0391. The van der Waals surface area contributed by atoms with Crippen LogP contribution in [0.15, 0.2) is 0 Å². The van der Waals surface area contributed by atoms with Crippen LogP contribution in [-0.4, -0.2) is 37.2 Å². The zero-order valence-electron chi connectivity index (χ0n) is 37.4. The zero-order chi connectivity index (χ0) is 40.3. The van der Waals surface area contributed by atoms with Gasteiger partial charge in [0.15, 0.2) is 6.10 Å². The van der Waals surface area contributed by atoms with Gasteiger partial charge in [0, 0.05) is 19.3 Å². The molecule has 0 amide bonds. The maximum atomic E-state index is 12.7. The van der Waals surface area contributed by atoms with Crippen LogP contribution in [0.3, 0.4) is 0 Å². The maximum absolute atomic E-state index is 12.7. The van der Waals surface area contributed by atoms with Gasteiger partial charge in [-0.15, -0.1) is 0 Å². The van der Waals surface area contributed by atoms with Crippen molar-refractivity contribution < 1.29 is 28.6 Å². The second kappa shape index (κ2) is 43.5. The molecular weight excluding hydrogens is 685 g/mol. The molecule has 0 saturated carbocycles. The highest BCUT2D eigenvalue weighted by molar-refractivity contribution is 5.71. The highest BCUT2D eigenvalue weighted by Gasteiger charge is 2.19. The van der Waals surface area contributed by atoms with E-state index in [4.69, 9.17) is 14.2 Å². The molecular formula is C49H94O6. The van der Waals surface area contributed by atoms with Gasteiger partial charge in [0.05, 0.1) is 0 Å². The van der Waals surface area contributed by atoms with Crippen molar-refractivity contribution >= 4 is 17.9 Å². The van der Waals surface area contributed by atoms with Crippen LogP contribution < -0.4 is 0 Å². The Morgan fingerprint density at radius 2 is 0.600 bits per heavy atom. The van der Waals surface area contributed by atoms with Crippen LogP contribution >= 0.6 is 0 Å². The molecule has 0 N–H and O–H groups in total. The third kappa shape index (κ3) is 43.4. The molecule has 0 unspecified atom stereocenters. The van der Waals surface area contributed by atoms with Crippen molar-refractivity contribution in [1.82, 2.24) is 0 Å².